The molecule has 1 aliphatic rings. The molecule has 0 aliphatic carbocycles. The van der Waals surface area contributed by atoms with Crippen LogP contribution in [0.1, 0.15) is 1.43 Å². The number of rotatable bonds is 0. The molecular weight excluding hydrogens is 145 g/mol. The van der Waals surface area contributed by atoms with Gasteiger partial charge in [0.15, 0.2) is 6.20 Å². The van der Waals surface area contributed by atoms with Crippen LogP contribution in [0.3, 0.4) is 0 Å². The molecule has 0 N–H and O–H groups in total. The number of hydrogen-bond acceptors (Lipinski definition) is 2. The van der Waals surface area contributed by atoms with Gasteiger partial charge in [-0.05, 0) is 6.08 Å². The summed E-state index contributed by atoms with van der Waals surface area (Å²) >= 11 is 3.68. The molecule has 0 spiro atoms. The molecule has 0 aromatic rings. The van der Waals surface area contributed by atoms with E-state index < -0.39 is 4.05 Å². The van der Waals surface area contributed by atoms with E-state index in [1.54, 1.807) is 12.2 Å². The Morgan fingerprint density at radius 3 is 2.56 bits per heavy atom. The van der Waals surface area contributed by atoms with E-state index >= 15 is 0 Å². The van der Waals surface area contributed by atoms with Gasteiger partial charge in [-0.1, -0.05) is 5.73 Å². The fraction of sp³-hybridized carbons (Fsp3) is 0. The van der Waals surface area contributed by atoms with E-state index in [0.29, 0.717) is 0 Å². The Labute approximate surface area is 83.0 Å². The minimum atomic E-state index is -0.753. The number of thiol groups is 1. The third-order valence-corrected chi connectivity index (χ3v) is 1.00. The molecule has 0 saturated heterocycles. The van der Waals surface area contributed by atoms with Gasteiger partial charge >= 0.3 is 29.6 Å². The van der Waals surface area contributed by atoms with Gasteiger partial charge in [-0.25, -0.2) is 4.05 Å². The van der Waals surface area contributed by atoms with Gasteiger partial charge in [0.05, 0.1) is 12.8 Å². The summed E-state index contributed by atoms with van der Waals surface area (Å²) in [5.41, 5.74) is 2.62. The van der Waals surface area contributed by atoms with Crippen LogP contribution in [0.5, 0.6) is 0 Å². The van der Waals surface area contributed by atoms with E-state index in [9.17, 15) is 5.21 Å². The maximum absolute atomic E-state index is 10.7. The fourth-order valence-electron chi connectivity index (χ4n) is 0.415. The predicted molar refractivity (Wildman–Crippen MR) is 35.5 cm³/mol. The standard InChI is InChI=1S/C5H5NOS.Na.H/c7-6(8)4-2-1-3-5-6;;/h1-2,4-5,8H;;/q;+1;-1. The molecule has 0 radical (unpaired) electrons. The van der Waals surface area contributed by atoms with Gasteiger partial charge in [-0.15, -0.1) is 0 Å². The summed E-state index contributed by atoms with van der Waals surface area (Å²) in [5, 5.41) is 10.7. The SMILES string of the molecule is [H-].[Na+].[O-][N+]1(S)C=C=CC=C1. The van der Waals surface area contributed by atoms with E-state index in [0.717, 1.165) is 0 Å². The van der Waals surface area contributed by atoms with Crippen molar-refractivity contribution in [2.45, 2.75) is 0 Å². The van der Waals surface area contributed by atoms with Gasteiger partial charge in [0.25, 0.3) is 0 Å². The average Bonchev–Trinajstić information content (AvgIpc) is 1.65. The van der Waals surface area contributed by atoms with Crippen molar-refractivity contribution in [2.75, 3.05) is 0 Å². The van der Waals surface area contributed by atoms with Gasteiger partial charge in [-0.2, -0.15) is 0 Å². The number of hydroxylamine groups is 2. The zero-order chi connectivity index (χ0) is 6.04. The molecule has 1 unspecified atom stereocenters. The second kappa shape index (κ2) is 3.64. The number of allylic oxidation sites excluding steroid dienone is 2. The molecule has 2 nitrogen and oxygen atoms in total. The Bertz CT molecular complexity index is 186. The van der Waals surface area contributed by atoms with E-state index in [4.69, 9.17) is 0 Å². The van der Waals surface area contributed by atoms with Gasteiger partial charge in [-0.3, -0.25) is 0 Å². The molecule has 1 aliphatic heterocycles. The molecular formula is C5H6NNaOS. The normalized spacial score (nSPS) is 30.0. The Kier molecular flexibility index (Phi) is 3.85. The molecule has 1 rings (SSSR count). The van der Waals surface area contributed by atoms with Gasteiger partial charge in [0.2, 0.25) is 0 Å². The zero-order valence-corrected chi connectivity index (χ0v) is 8.01. The first-order valence-electron chi connectivity index (χ1n) is 2.14. The molecule has 0 saturated carbocycles. The summed E-state index contributed by atoms with van der Waals surface area (Å²) in [5.74, 6) is 0. The zero-order valence-electron chi connectivity index (χ0n) is 6.11. The Morgan fingerprint density at radius 2 is 2.33 bits per heavy atom. The molecule has 0 amide bonds. The summed E-state index contributed by atoms with van der Waals surface area (Å²) in [6.07, 6.45) is 5.98. The first-order valence-corrected chi connectivity index (χ1v) is 2.54. The summed E-state index contributed by atoms with van der Waals surface area (Å²) in [6.45, 7) is 0. The number of quaternary nitrogens is 1. The van der Waals surface area contributed by atoms with E-state index in [-0.39, 0.29) is 31.0 Å². The van der Waals surface area contributed by atoms with Crippen molar-refractivity contribution in [2.24, 2.45) is 0 Å². The van der Waals surface area contributed by atoms with Crippen LogP contribution in [-0.4, -0.2) is 4.05 Å². The minimum absolute atomic E-state index is 0. The Morgan fingerprint density at radius 1 is 1.67 bits per heavy atom. The summed E-state index contributed by atoms with van der Waals surface area (Å²) in [4.78, 5) is 0. The molecule has 4 heteroatoms. The maximum Gasteiger partial charge on any atom is 1.00 e. The van der Waals surface area contributed by atoms with Gasteiger partial charge < -0.3 is 6.63 Å². The van der Waals surface area contributed by atoms with Crippen molar-refractivity contribution in [3.05, 3.63) is 35.5 Å². The number of hydrogen-bond donors (Lipinski definition) is 1. The predicted octanol–water partition coefficient (Wildman–Crippen LogP) is -1.54. The van der Waals surface area contributed by atoms with Crippen LogP contribution in [-0.2, 0) is 0 Å². The van der Waals surface area contributed by atoms with Crippen LogP contribution in [0.2, 0.25) is 0 Å². The second-order valence-corrected chi connectivity index (χ2v) is 2.10. The van der Waals surface area contributed by atoms with Crippen molar-refractivity contribution in [3.8, 4) is 0 Å². The van der Waals surface area contributed by atoms with Crippen molar-refractivity contribution < 1.29 is 35.0 Å². The van der Waals surface area contributed by atoms with E-state index in [1.165, 1.54) is 12.4 Å². The first kappa shape index (κ1) is 9.53. The first-order chi connectivity index (χ1) is 3.71. The minimum Gasteiger partial charge on any atom is -1.00 e. The van der Waals surface area contributed by atoms with E-state index in [2.05, 4.69) is 18.5 Å². The maximum atomic E-state index is 10.7. The van der Waals surface area contributed by atoms with Crippen molar-refractivity contribution in [1.82, 2.24) is 0 Å². The van der Waals surface area contributed by atoms with Crippen LogP contribution in [0.4, 0.5) is 0 Å². The largest absolute Gasteiger partial charge is 1.00 e. The number of nitrogens with zero attached hydrogens (tertiary/aromatic N) is 1. The Hall–Kier alpha value is 0.530. The summed E-state index contributed by atoms with van der Waals surface area (Å²) < 4.78 is -0.753. The second-order valence-electron chi connectivity index (χ2n) is 1.48. The molecule has 9 heavy (non-hydrogen) atoms. The molecule has 0 bridgehead atoms. The molecule has 44 valence electrons. The molecule has 0 fully saturated rings. The summed E-state index contributed by atoms with van der Waals surface area (Å²) in [7, 11) is 0. The van der Waals surface area contributed by atoms with Crippen LogP contribution >= 0.6 is 12.8 Å². The average molecular weight is 151 g/mol. The van der Waals surface area contributed by atoms with E-state index in [1.807, 2.05) is 0 Å². The van der Waals surface area contributed by atoms with Crippen molar-refractivity contribution >= 4 is 12.8 Å². The smallest absolute Gasteiger partial charge is 1.00 e. The summed E-state index contributed by atoms with van der Waals surface area (Å²) in [6, 6.07) is 0. The topological polar surface area (TPSA) is 23.1 Å². The molecule has 0 aromatic heterocycles. The molecule has 1 atom stereocenters. The van der Waals surface area contributed by atoms with Crippen LogP contribution in [0, 0.1) is 5.21 Å². The molecule has 0 aromatic carbocycles. The van der Waals surface area contributed by atoms with Crippen LogP contribution in [0.25, 0.3) is 0 Å². The van der Waals surface area contributed by atoms with Crippen molar-refractivity contribution in [1.29, 1.82) is 0 Å². The van der Waals surface area contributed by atoms with Crippen LogP contribution in [0.15, 0.2) is 30.3 Å². The fourth-order valence-corrected chi connectivity index (χ4v) is 0.558. The van der Waals surface area contributed by atoms with Gasteiger partial charge in [0.1, 0.15) is 6.20 Å². The third kappa shape index (κ3) is 3.28. The third-order valence-electron chi connectivity index (χ3n) is 0.752. The monoisotopic (exact) mass is 151 g/mol. The van der Waals surface area contributed by atoms with Crippen molar-refractivity contribution in [3.63, 3.8) is 0 Å². The van der Waals surface area contributed by atoms with Gasteiger partial charge in [0, 0.05) is 6.08 Å². The molecule has 1 heterocycles. The van der Waals surface area contributed by atoms with Crippen LogP contribution < -0.4 is 29.6 Å². The Balaban J connectivity index is 0. The quantitative estimate of drug-likeness (QED) is 0.146.